The molecule has 0 saturated carbocycles. The Morgan fingerprint density at radius 2 is 1.88 bits per heavy atom. The summed E-state index contributed by atoms with van der Waals surface area (Å²) in [6, 6.07) is 10.6. The number of amides is 1. The molecule has 3 N–H and O–H groups in total. The van der Waals surface area contributed by atoms with Gasteiger partial charge in [0.05, 0.1) is 0 Å². The van der Waals surface area contributed by atoms with Crippen molar-refractivity contribution >= 4 is 23.2 Å². The number of carbonyl (C=O) groups is 2. The summed E-state index contributed by atoms with van der Waals surface area (Å²) >= 11 is 0. The van der Waals surface area contributed by atoms with Crippen molar-refractivity contribution < 1.29 is 24.5 Å². The van der Waals surface area contributed by atoms with Crippen molar-refractivity contribution in [3.05, 3.63) is 47.5 Å². The molecule has 134 valence electrons. The number of ether oxygens (including phenoxy) is 1. The summed E-state index contributed by atoms with van der Waals surface area (Å²) in [6.45, 7) is 4.97. The predicted molar refractivity (Wildman–Crippen MR) is 94.5 cm³/mol. The number of nitrogens with one attached hydrogen (secondary N) is 1. The molecule has 0 saturated heterocycles. The van der Waals surface area contributed by atoms with E-state index in [2.05, 4.69) is 5.32 Å². The van der Waals surface area contributed by atoms with Crippen LogP contribution < -0.4 is 5.32 Å². The zero-order valence-electron chi connectivity index (χ0n) is 14.5. The molecule has 1 amide bonds. The maximum Gasteiger partial charge on any atom is 0.407 e. The molecular weight excluding hydrogens is 322 g/mol. The van der Waals surface area contributed by atoms with Crippen LogP contribution in [0.4, 0.5) is 4.79 Å². The molecule has 6 heteroatoms. The molecule has 0 bridgehead atoms. The fourth-order valence-corrected chi connectivity index (χ4v) is 2.55. The average molecular weight is 345 g/mol. The van der Waals surface area contributed by atoms with Crippen LogP contribution in [0.1, 0.15) is 42.8 Å². The largest absolute Gasteiger partial charge is 0.444 e. The Morgan fingerprint density at radius 3 is 2.52 bits per heavy atom. The van der Waals surface area contributed by atoms with E-state index in [1.807, 2.05) is 12.1 Å². The lowest BCUT2D eigenvalue weighted by atomic mass is 9.93. The van der Waals surface area contributed by atoms with Gasteiger partial charge < -0.3 is 20.3 Å². The summed E-state index contributed by atoms with van der Waals surface area (Å²) in [5.41, 5.74) is -0.0253. The monoisotopic (exact) mass is 345 g/mol. The van der Waals surface area contributed by atoms with E-state index in [0.717, 1.165) is 5.39 Å². The van der Waals surface area contributed by atoms with Crippen LogP contribution in [0.15, 0.2) is 36.4 Å². The predicted octanol–water partition coefficient (Wildman–Crippen LogP) is 2.57. The molecule has 25 heavy (non-hydrogen) atoms. The van der Waals surface area contributed by atoms with Gasteiger partial charge in [-0.3, -0.25) is 4.79 Å². The number of hydrogen-bond donors (Lipinski definition) is 3. The summed E-state index contributed by atoms with van der Waals surface area (Å²) in [7, 11) is 0. The highest BCUT2D eigenvalue weighted by Gasteiger charge is 2.25. The first-order valence-corrected chi connectivity index (χ1v) is 8.02. The van der Waals surface area contributed by atoms with Crippen molar-refractivity contribution in [2.45, 2.75) is 38.6 Å². The van der Waals surface area contributed by atoms with Gasteiger partial charge in [0.1, 0.15) is 24.1 Å². The van der Waals surface area contributed by atoms with Crippen LogP contribution in [0.25, 0.3) is 10.8 Å². The Hall–Kier alpha value is -2.44. The van der Waals surface area contributed by atoms with Crippen LogP contribution in [0.5, 0.6) is 0 Å². The number of fused-ring (bicyclic) bond motifs is 1. The van der Waals surface area contributed by atoms with Gasteiger partial charge in [-0.05, 0) is 31.5 Å². The molecule has 0 aromatic heterocycles. The van der Waals surface area contributed by atoms with Crippen molar-refractivity contribution in [2.75, 3.05) is 6.54 Å². The van der Waals surface area contributed by atoms with E-state index in [1.54, 1.807) is 45.0 Å². The van der Waals surface area contributed by atoms with Crippen molar-refractivity contribution in [3.8, 4) is 0 Å². The van der Waals surface area contributed by atoms with Gasteiger partial charge in [-0.2, -0.15) is 0 Å². The van der Waals surface area contributed by atoms with E-state index in [4.69, 9.17) is 4.74 Å². The number of aliphatic hydroxyl groups is 2. The second kappa shape index (κ2) is 7.63. The number of aliphatic hydroxyl groups excluding tert-OH is 2. The summed E-state index contributed by atoms with van der Waals surface area (Å²) in [4.78, 5) is 23.0. The highest BCUT2D eigenvalue weighted by molar-refractivity contribution is 5.93. The smallest absolute Gasteiger partial charge is 0.407 e. The molecule has 2 rings (SSSR count). The molecule has 0 aliphatic rings. The summed E-state index contributed by atoms with van der Waals surface area (Å²) in [5.74, 6) is 0. The highest BCUT2D eigenvalue weighted by atomic mass is 16.6. The van der Waals surface area contributed by atoms with Gasteiger partial charge in [-0.1, -0.05) is 36.4 Å². The molecular formula is C19H23NO5. The van der Waals surface area contributed by atoms with E-state index in [1.165, 1.54) is 0 Å². The Labute approximate surface area is 146 Å². The van der Waals surface area contributed by atoms with E-state index in [-0.39, 0.29) is 6.54 Å². The second-order valence-electron chi connectivity index (χ2n) is 6.80. The number of benzene rings is 2. The minimum Gasteiger partial charge on any atom is -0.444 e. The number of aldehydes is 1. The Bertz CT molecular complexity index is 766. The minimum atomic E-state index is -1.33. The lowest BCUT2D eigenvalue weighted by Crippen LogP contribution is -2.39. The molecule has 0 aliphatic carbocycles. The quantitative estimate of drug-likeness (QED) is 0.724. The maximum absolute atomic E-state index is 11.7. The molecule has 2 atom stereocenters. The Balaban J connectivity index is 2.19. The zero-order valence-corrected chi connectivity index (χ0v) is 14.5. The normalized spacial score (nSPS) is 14.0. The average Bonchev–Trinajstić information content (AvgIpc) is 2.56. The molecule has 2 unspecified atom stereocenters. The molecule has 0 spiro atoms. The van der Waals surface area contributed by atoms with Crippen molar-refractivity contribution in [1.29, 1.82) is 0 Å². The van der Waals surface area contributed by atoms with Crippen LogP contribution in [0.3, 0.4) is 0 Å². The van der Waals surface area contributed by atoms with Gasteiger partial charge in [0.15, 0.2) is 0 Å². The molecule has 6 nitrogen and oxygen atoms in total. The van der Waals surface area contributed by atoms with Gasteiger partial charge in [-0.15, -0.1) is 0 Å². The van der Waals surface area contributed by atoms with Gasteiger partial charge in [0, 0.05) is 17.7 Å². The van der Waals surface area contributed by atoms with Gasteiger partial charge in [0.2, 0.25) is 0 Å². The second-order valence-corrected chi connectivity index (χ2v) is 6.80. The van der Waals surface area contributed by atoms with Gasteiger partial charge in [-0.25, -0.2) is 4.79 Å². The maximum atomic E-state index is 11.7. The van der Waals surface area contributed by atoms with Crippen molar-refractivity contribution in [2.24, 2.45) is 0 Å². The number of alkyl carbamates (subject to hydrolysis) is 1. The number of carbonyl (C=O) groups excluding carboxylic acids is 2. The third-order valence-electron chi connectivity index (χ3n) is 3.65. The van der Waals surface area contributed by atoms with Crippen LogP contribution in [-0.4, -0.2) is 40.8 Å². The molecule has 2 aromatic rings. The topological polar surface area (TPSA) is 95.9 Å². The van der Waals surface area contributed by atoms with Crippen molar-refractivity contribution in [3.63, 3.8) is 0 Å². The summed E-state index contributed by atoms with van der Waals surface area (Å²) in [6.07, 6.45) is -2.68. The third-order valence-corrected chi connectivity index (χ3v) is 3.65. The number of rotatable bonds is 5. The molecule has 0 aliphatic heterocycles. The zero-order chi connectivity index (χ0) is 18.6. The van der Waals surface area contributed by atoms with Crippen LogP contribution in [0, 0.1) is 0 Å². The van der Waals surface area contributed by atoms with Gasteiger partial charge in [0.25, 0.3) is 0 Å². The fourth-order valence-electron chi connectivity index (χ4n) is 2.55. The van der Waals surface area contributed by atoms with E-state index in [0.29, 0.717) is 22.8 Å². The summed E-state index contributed by atoms with van der Waals surface area (Å²) in [5, 5.41) is 24.7. The molecule has 0 heterocycles. The third kappa shape index (κ3) is 4.78. The standard InChI is InChI=1S/C19H23NO5/c1-19(2,3)25-18(24)20-10-15(22)17(23)16-13(11-21)9-8-12-6-4-5-7-14(12)16/h4-9,11,15,17,22-23H,10H2,1-3H3,(H,20,24). The van der Waals surface area contributed by atoms with Crippen molar-refractivity contribution in [1.82, 2.24) is 5.32 Å². The SMILES string of the molecule is CC(C)(C)OC(=O)NCC(O)C(O)c1c(C=O)ccc2ccccc12. The Morgan fingerprint density at radius 1 is 1.20 bits per heavy atom. The first-order valence-electron chi connectivity index (χ1n) is 8.02. The van der Waals surface area contributed by atoms with Crippen LogP contribution in [-0.2, 0) is 4.74 Å². The van der Waals surface area contributed by atoms with E-state index >= 15 is 0 Å². The lowest BCUT2D eigenvalue weighted by molar-refractivity contribution is 0.0133. The molecule has 2 aromatic carbocycles. The minimum absolute atomic E-state index is 0.211. The van der Waals surface area contributed by atoms with Crippen LogP contribution >= 0.6 is 0 Å². The van der Waals surface area contributed by atoms with E-state index < -0.39 is 23.9 Å². The first kappa shape index (κ1) is 18.9. The fraction of sp³-hybridized carbons (Fsp3) is 0.368. The lowest BCUT2D eigenvalue weighted by Gasteiger charge is -2.23. The van der Waals surface area contributed by atoms with E-state index in [9.17, 15) is 19.8 Å². The first-order chi connectivity index (χ1) is 11.7. The Kier molecular flexibility index (Phi) is 5.77. The number of hydrogen-bond acceptors (Lipinski definition) is 5. The van der Waals surface area contributed by atoms with Crippen LogP contribution in [0.2, 0.25) is 0 Å². The van der Waals surface area contributed by atoms with Gasteiger partial charge >= 0.3 is 6.09 Å². The summed E-state index contributed by atoms with van der Waals surface area (Å²) < 4.78 is 5.09. The highest BCUT2D eigenvalue weighted by Crippen LogP contribution is 2.29. The molecule has 0 radical (unpaired) electrons. The molecule has 0 fully saturated rings.